The molecule has 1 saturated heterocycles. The average Bonchev–Trinajstić information content (AvgIpc) is 2.68. The lowest BCUT2D eigenvalue weighted by atomic mass is 9.97. The number of hydrogen-bond acceptors (Lipinski definition) is 1. The fourth-order valence-corrected chi connectivity index (χ4v) is 2.65. The summed E-state index contributed by atoms with van der Waals surface area (Å²) >= 11 is 0. The van der Waals surface area contributed by atoms with Crippen LogP contribution < -0.4 is 0 Å². The zero-order chi connectivity index (χ0) is 10.4. The van der Waals surface area contributed by atoms with Gasteiger partial charge in [0.15, 0.2) is 0 Å². The van der Waals surface area contributed by atoms with Crippen LogP contribution in [-0.4, -0.2) is 30.0 Å². The highest BCUT2D eigenvalue weighted by Crippen LogP contribution is 2.65. The van der Waals surface area contributed by atoms with Gasteiger partial charge in [0.05, 0.1) is 0 Å². The first-order valence-corrected chi connectivity index (χ1v) is 5.59. The minimum Gasteiger partial charge on any atom is -0.301 e. The minimum absolute atomic E-state index is 0.145. The molecule has 0 N–H and O–H groups in total. The SMILES string of the molecule is CC(C)N1CCCC2(CC1)CC2(F)F. The van der Waals surface area contributed by atoms with Crippen LogP contribution >= 0.6 is 0 Å². The van der Waals surface area contributed by atoms with E-state index < -0.39 is 11.3 Å². The van der Waals surface area contributed by atoms with Crippen molar-refractivity contribution in [1.82, 2.24) is 4.90 Å². The number of nitrogens with zero attached hydrogens (tertiary/aromatic N) is 1. The molecule has 1 saturated carbocycles. The van der Waals surface area contributed by atoms with E-state index in [0.717, 1.165) is 25.9 Å². The number of halogens is 2. The number of alkyl halides is 2. The van der Waals surface area contributed by atoms with Crippen LogP contribution in [0, 0.1) is 5.41 Å². The molecular formula is C11H19F2N. The molecule has 0 radical (unpaired) electrons. The highest BCUT2D eigenvalue weighted by molar-refractivity contribution is 5.10. The molecule has 0 bridgehead atoms. The minimum atomic E-state index is -2.35. The molecule has 0 aromatic rings. The molecule has 14 heavy (non-hydrogen) atoms. The summed E-state index contributed by atoms with van der Waals surface area (Å²) in [6.45, 7) is 6.13. The molecule has 1 spiro atoms. The standard InChI is InChI=1S/C11H19F2N/c1-9(2)14-6-3-4-10(5-7-14)8-11(10,12)13/h9H,3-8H2,1-2H3. The molecule has 1 aliphatic carbocycles. The van der Waals surface area contributed by atoms with Crippen molar-refractivity contribution in [2.75, 3.05) is 13.1 Å². The zero-order valence-electron chi connectivity index (χ0n) is 9.02. The average molecular weight is 203 g/mol. The van der Waals surface area contributed by atoms with Gasteiger partial charge < -0.3 is 4.90 Å². The van der Waals surface area contributed by atoms with Gasteiger partial charge in [-0.1, -0.05) is 0 Å². The second-order valence-corrected chi connectivity index (χ2v) is 5.14. The molecule has 0 aromatic heterocycles. The molecular weight excluding hydrogens is 184 g/mol. The van der Waals surface area contributed by atoms with Gasteiger partial charge >= 0.3 is 0 Å². The maximum atomic E-state index is 13.2. The number of hydrogen-bond donors (Lipinski definition) is 0. The van der Waals surface area contributed by atoms with Crippen molar-refractivity contribution in [1.29, 1.82) is 0 Å². The third kappa shape index (κ3) is 1.56. The van der Waals surface area contributed by atoms with E-state index in [4.69, 9.17) is 0 Å². The Morgan fingerprint density at radius 2 is 1.79 bits per heavy atom. The summed E-state index contributed by atoms with van der Waals surface area (Å²) < 4.78 is 26.3. The maximum absolute atomic E-state index is 13.2. The lowest BCUT2D eigenvalue weighted by Crippen LogP contribution is -2.31. The van der Waals surface area contributed by atoms with Gasteiger partial charge in [-0.3, -0.25) is 0 Å². The molecule has 82 valence electrons. The summed E-state index contributed by atoms with van der Waals surface area (Å²) in [4.78, 5) is 2.32. The first-order valence-electron chi connectivity index (χ1n) is 5.59. The molecule has 3 heteroatoms. The summed E-state index contributed by atoms with van der Waals surface area (Å²) in [5.41, 5.74) is -0.601. The Labute approximate surface area is 84.5 Å². The first kappa shape index (κ1) is 10.3. The number of likely N-dealkylation sites (tertiary alicyclic amines) is 1. The van der Waals surface area contributed by atoms with Crippen LogP contribution in [0.5, 0.6) is 0 Å². The van der Waals surface area contributed by atoms with Gasteiger partial charge in [-0.25, -0.2) is 8.78 Å². The lowest BCUT2D eigenvalue weighted by molar-refractivity contribution is 0.0571. The van der Waals surface area contributed by atoms with Crippen molar-refractivity contribution >= 4 is 0 Å². The van der Waals surface area contributed by atoms with Crippen LogP contribution in [-0.2, 0) is 0 Å². The van der Waals surface area contributed by atoms with Gasteiger partial charge in [-0.2, -0.15) is 0 Å². The van der Waals surface area contributed by atoms with E-state index >= 15 is 0 Å². The monoisotopic (exact) mass is 203 g/mol. The van der Waals surface area contributed by atoms with Gasteiger partial charge in [0, 0.05) is 17.9 Å². The quantitative estimate of drug-likeness (QED) is 0.633. The van der Waals surface area contributed by atoms with Crippen LogP contribution in [0.1, 0.15) is 39.5 Å². The van der Waals surface area contributed by atoms with Crippen LogP contribution in [0.2, 0.25) is 0 Å². The highest BCUT2D eigenvalue weighted by atomic mass is 19.3. The molecule has 1 aliphatic heterocycles. The summed E-state index contributed by atoms with van der Waals surface area (Å²) in [7, 11) is 0. The van der Waals surface area contributed by atoms with E-state index in [1.54, 1.807) is 0 Å². The predicted molar refractivity (Wildman–Crippen MR) is 52.6 cm³/mol. The summed E-state index contributed by atoms with van der Waals surface area (Å²) in [6, 6.07) is 0.498. The second kappa shape index (κ2) is 3.16. The Morgan fingerprint density at radius 3 is 2.29 bits per heavy atom. The van der Waals surface area contributed by atoms with Crippen LogP contribution in [0.4, 0.5) is 8.78 Å². The smallest absolute Gasteiger partial charge is 0.254 e. The third-order valence-electron chi connectivity index (χ3n) is 3.92. The van der Waals surface area contributed by atoms with Crippen molar-refractivity contribution < 1.29 is 8.78 Å². The van der Waals surface area contributed by atoms with E-state index in [0.29, 0.717) is 12.5 Å². The van der Waals surface area contributed by atoms with Crippen molar-refractivity contribution in [2.24, 2.45) is 5.41 Å². The molecule has 0 amide bonds. The Bertz CT molecular complexity index is 227. The molecule has 1 heterocycles. The summed E-state index contributed by atoms with van der Waals surface area (Å²) in [6.07, 6.45) is 2.50. The predicted octanol–water partition coefficient (Wildman–Crippen LogP) is 2.91. The van der Waals surface area contributed by atoms with E-state index in [2.05, 4.69) is 18.7 Å². The third-order valence-corrected chi connectivity index (χ3v) is 3.92. The van der Waals surface area contributed by atoms with Crippen molar-refractivity contribution in [3.8, 4) is 0 Å². The normalized spacial score (nSPS) is 37.5. The van der Waals surface area contributed by atoms with E-state index in [9.17, 15) is 8.78 Å². The highest BCUT2D eigenvalue weighted by Gasteiger charge is 2.69. The fraction of sp³-hybridized carbons (Fsp3) is 1.00. The second-order valence-electron chi connectivity index (χ2n) is 5.14. The van der Waals surface area contributed by atoms with Crippen LogP contribution in [0.25, 0.3) is 0 Å². The van der Waals surface area contributed by atoms with Crippen molar-refractivity contribution in [3.63, 3.8) is 0 Å². The van der Waals surface area contributed by atoms with Crippen LogP contribution in [0.3, 0.4) is 0 Å². The van der Waals surface area contributed by atoms with Crippen molar-refractivity contribution in [2.45, 2.75) is 51.5 Å². The van der Waals surface area contributed by atoms with Gasteiger partial charge in [0.2, 0.25) is 0 Å². The molecule has 2 aliphatic rings. The molecule has 2 rings (SSSR count). The summed E-state index contributed by atoms with van der Waals surface area (Å²) in [5, 5.41) is 0. The largest absolute Gasteiger partial charge is 0.301 e. The Balaban J connectivity index is 1.97. The molecule has 0 aromatic carbocycles. The molecule has 1 nitrogen and oxygen atoms in total. The maximum Gasteiger partial charge on any atom is 0.254 e. The van der Waals surface area contributed by atoms with Crippen molar-refractivity contribution in [3.05, 3.63) is 0 Å². The Morgan fingerprint density at radius 1 is 1.14 bits per heavy atom. The van der Waals surface area contributed by atoms with E-state index in [1.165, 1.54) is 0 Å². The topological polar surface area (TPSA) is 3.24 Å². The number of rotatable bonds is 1. The lowest BCUT2D eigenvalue weighted by Gasteiger charge is -2.24. The fourth-order valence-electron chi connectivity index (χ4n) is 2.65. The summed E-state index contributed by atoms with van der Waals surface area (Å²) in [5.74, 6) is -2.35. The van der Waals surface area contributed by atoms with Gasteiger partial charge in [-0.15, -0.1) is 0 Å². The van der Waals surface area contributed by atoms with Gasteiger partial charge in [0.25, 0.3) is 5.92 Å². The van der Waals surface area contributed by atoms with E-state index in [1.807, 2.05) is 0 Å². The molecule has 1 unspecified atom stereocenters. The molecule has 2 fully saturated rings. The zero-order valence-corrected chi connectivity index (χ0v) is 9.02. The Kier molecular flexibility index (Phi) is 2.33. The van der Waals surface area contributed by atoms with E-state index in [-0.39, 0.29) is 6.42 Å². The van der Waals surface area contributed by atoms with Gasteiger partial charge in [0.1, 0.15) is 0 Å². The first-order chi connectivity index (χ1) is 6.47. The molecule has 1 atom stereocenters. The Hall–Kier alpha value is -0.180. The van der Waals surface area contributed by atoms with Crippen LogP contribution in [0.15, 0.2) is 0 Å². The van der Waals surface area contributed by atoms with Gasteiger partial charge in [-0.05, 0) is 46.2 Å².